The summed E-state index contributed by atoms with van der Waals surface area (Å²) in [6.45, 7) is 5.08. The topological polar surface area (TPSA) is 105 Å². The minimum atomic E-state index is -0.303. The molecular formula is C26H29N5O4S. The van der Waals surface area contributed by atoms with E-state index in [0.717, 1.165) is 60.3 Å². The van der Waals surface area contributed by atoms with Gasteiger partial charge in [-0.25, -0.2) is 9.78 Å². The summed E-state index contributed by atoms with van der Waals surface area (Å²) in [6, 6.07) is 7.27. The van der Waals surface area contributed by atoms with E-state index in [1.165, 1.54) is 11.3 Å². The van der Waals surface area contributed by atoms with E-state index in [1.54, 1.807) is 17.2 Å². The molecule has 0 radical (unpaired) electrons. The molecule has 3 N–H and O–H groups in total. The molecule has 5 heterocycles. The van der Waals surface area contributed by atoms with E-state index in [1.807, 2.05) is 25.1 Å². The summed E-state index contributed by atoms with van der Waals surface area (Å²) in [7, 11) is 0. The predicted octanol–water partition coefficient (Wildman–Crippen LogP) is 4.33. The molecule has 0 saturated carbocycles. The van der Waals surface area contributed by atoms with E-state index in [9.17, 15) is 9.59 Å². The third-order valence-corrected chi connectivity index (χ3v) is 8.04. The number of carbonyl (C=O) groups excluding carboxylic acids is 2. The molecule has 6 rings (SSSR count). The standard InChI is InChI=1S/C26H29N5O4S/c1-15-13-18(35-17-7-11-34-12-8-17)4-5-20(15)31-22-21-19(30-26(31)33)6-10-28-25(21)36-23(22)24(32)29-16-3-2-9-27-14-16/h4-6,10,13,16-17,27H,2-3,7-9,11-12,14H2,1H3,(H,29,32)(H,30,33). The van der Waals surface area contributed by atoms with Gasteiger partial charge in [0.05, 0.1) is 35.7 Å². The summed E-state index contributed by atoms with van der Waals surface area (Å²) in [5.41, 5.74) is 2.84. The third-order valence-electron chi connectivity index (χ3n) is 6.95. The molecule has 0 aliphatic carbocycles. The highest BCUT2D eigenvalue weighted by atomic mass is 32.1. The number of aryl methyl sites for hydroxylation is 1. The summed E-state index contributed by atoms with van der Waals surface area (Å²) >= 11 is 1.32. The maximum Gasteiger partial charge on any atom is 0.331 e. The maximum absolute atomic E-state index is 13.5. The normalized spacial score (nSPS) is 20.3. The monoisotopic (exact) mass is 507 g/mol. The van der Waals surface area contributed by atoms with Gasteiger partial charge in [-0.3, -0.25) is 9.69 Å². The van der Waals surface area contributed by atoms with Crippen LogP contribution in [-0.2, 0) is 4.74 Å². The number of piperidine rings is 1. The molecule has 9 nitrogen and oxygen atoms in total. The molecule has 3 amide bonds. The molecule has 10 heteroatoms. The van der Waals surface area contributed by atoms with Crippen LogP contribution < -0.4 is 25.6 Å². The van der Waals surface area contributed by atoms with Crippen LogP contribution in [0.3, 0.4) is 0 Å². The Bertz CT molecular complexity index is 1310. The van der Waals surface area contributed by atoms with E-state index >= 15 is 0 Å². The van der Waals surface area contributed by atoms with Crippen LogP contribution in [0, 0.1) is 6.92 Å². The SMILES string of the molecule is Cc1cc(OC2CCOCC2)ccc1N1C(=O)Nc2ccnc3sc(C(=O)NC4CCCNC4)c1c23. The van der Waals surface area contributed by atoms with Gasteiger partial charge in [0.25, 0.3) is 5.91 Å². The van der Waals surface area contributed by atoms with Crippen LogP contribution in [0.25, 0.3) is 10.2 Å². The first kappa shape index (κ1) is 23.2. The van der Waals surface area contributed by atoms with Gasteiger partial charge in [0, 0.05) is 31.6 Å². The van der Waals surface area contributed by atoms with Crippen molar-refractivity contribution in [2.45, 2.75) is 44.8 Å². The van der Waals surface area contributed by atoms with Crippen molar-refractivity contribution in [2.75, 3.05) is 36.5 Å². The van der Waals surface area contributed by atoms with Crippen LogP contribution >= 0.6 is 11.3 Å². The van der Waals surface area contributed by atoms with Gasteiger partial charge in [-0.15, -0.1) is 11.3 Å². The van der Waals surface area contributed by atoms with E-state index in [4.69, 9.17) is 9.47 Å². The molecule has 0 bridgehead atoms. The van der Waals surface area contributed by atoms with E-state index in [2.05, 4.69) is 20.9 Å². The Morgan fingerprint density at radius 1 is 1.25 bits per heavy atom. The fourth-order valence-corrected chi connectivity index (χ4v) is 6.20. The molecule has 0 spiro atoms. The first-order valence-electron chi connectivity index (χ1n) is 12.5. The molecule has 3 aliphatic rings. The Morgan fingerprint density at radius 2 is 2.11 bits per heavy atom. The van der Waals surface area contributed by atoms with Crippen LogP contribution in [0.1, 0.15) is 40.9 Å². The molecule has 2 saturated heterocycles. The predicted molar refractivity (Wildman–Crippen MR) is 140 cm³/mol. The number of pyridine rings is 1. The molecule has 1 aromatic carbocycles. The summed E-state index contributed by atoms with van der Waals surface area (Å²) in [5, 5.41) is 10.3. The lowest BCUT2D eigenvalue weighted by Gasteiger charge is -2.30. The number of rotatable bonds is 5. The van der Waals surface area contributed by atoms with Gasteiger partial charge in [0.1, 0.15) is 21.6 Å². The number of nitrogens with zero attached hydrogens (tertiary/aromatic N) is 2. The van der Waals surface area contributed by atoms with Crippen molar-refractivity contribution in [1.29, 1.82) is 0 Å². The van der Waals surface area contributed by atoms with Crippen molar-refractivity contribution in [3.8, 4) is 5.75 Å². The van der Waals surface area contributed by atoms with Crippen LogP contribution in [0.15, 0.2) is 30.5 Å². The summed E-state index contributed by atoms with van der Waals surface area (Å²) in [5.74, 6) is 0.588. The third kappa shape index (κ3) is 4.29. The van der Waals surface area contributed by atoms with Crippen LogP contribution in [0.5, 0.6) is 5.75 Å². The summed E-state index contributed by atoms with van der Waals surface area (Å²) < 4.78 is 11.6. The van der Waals surface area contributed by atoms with Crippen molar-refractivity contribution in [3.05, 3.63) is 40.9 Å². The minimum Gasteiger partial charge on any atom is -0.490 e. The highest BCUT2D eigenvalue weighted by Crippen LogP contribution is 2.47. The van der Waals surface area contributed by atoms with Crippen molar-refractivity contribution >= 4 is 50.6 Å². The lowest BCUT2D eigenvalue weighted by molar-refractivity contribution is 0.0255. The number of benzene rings is 1. The number of hydrogen-bond donors (Lipinski definition) is 3. The van der Waals surface area contributed by atoms with Crippen LogP contribution in [0.4, 0.5) is 21.9 Å². The second-order valence-electron chi connectivity index (χ2n) is 9.48. The number of urea groups is 1. The Hall–Kier alpha value is -3.21. The Labute approximate surface area is 213 Å². The fourth-order valence-electron chi connectivity index (χ4n) is 5.15. The molecule has 1 atom stereocenters. The zero-order valence-corrected chi connectivity index (χ0v) is 21.0. The summed E-state index contributed by atoms with van der Waals surface area (Å²) in [4.78, 5) is 34.2. The van der Waals surface area contributed by atoms with Crippen LogP contribution in [-0.4, -0.2) is 55.4 Å². The second-order valence-corrected chi connectivity index (χ2v) is 10.5. The Kier molecular flexibility index (Phi) is 6.24. The Balaban J connectivity index is 1.37. The van der Waals surface area contributed by atoms with Gasteiger partial charge in [-0.1, -0.05) is 0 Å². The lowest BCUT2D eigenvalue weighted by Crippen LogP contribution is -2.45. The number of carbonyl (C=O) groups is 2. The molecule has 2 aromatic heterocycles. The van der Waals surface area contributed by atoms with Gasteiger partial charge >= 0.3 is 6.03 Å². The molecule has 2 fully saturated rings. The quantitative estimate of drug-likeness (QED) is 0.475. The molecule has 188 valence electrons. The fraction of sp³-hybridized carbons (Fsp3) is 0.423. The van der Waals surface area contributed by atoms with E-state index in [-0.39, 0.29) is 24.1 Å². The van der Waals surface area contributed by atoms with Crippen molar-refractivity contribution in [3.63, 3.8) is 0 Å². The maximum atomic E-state index is 13.5. The average molecular weight is 508 g/mol. The molecule has 36 heavy (non-hydrogen) atoms. The zero-order chi connectivity index (χ0) is 24.6. The largest absolute Gasteiger partial charge is 0.490 e. The first-order chi connectivity index (χ1) is 17.6. The second kappa shape index (κ2) is 9.68. The average Bonchev–Trinajstić information content (AvgIpc) is 3.27. The van der Waals surface area contributed by atoms with Crippen LogP contribution in [0.2, 0.25) is 0 Å². The van der Waals surface area contributed by atoms with Gasteiger partial charge < -0.3 is 25.4 Å². The van der Waals surface area contributed by atoms with Crippen molar-refractivity contribution in [2.24, 2.45) is 0 Å². The van der Waals surface area contributed by atoms with Gasteiger partial charge in [-0.2, -0.15) is 0 Å². The molecule has 1 unspecified atom stereocenters. The number of nitrogens with one attached hydrogen (secondary N) is 3. The number of amides is 3. The molecule has 3 aromatic rings. The first-order valence-corrected chi connectivity index (χ1v) is 13.3. The number of thiophene rings is 1. The lowest BCUT2D eigenvalue weighted by atomic mass is 10.1. The van der Waals surface area contributed by atoms with Gasteiger partial charge in [0.15, 0.2) is 0 Å². The van der Waals surface area contributed by atoms with E-state index in [0.29, 0.717) is 35.2 Å². The highest BCUT2D eigenvalue weighted by Gasteiger charge is 2.35. The summed E-state index contributed by atoms with van der Waals surface area (Å²) in [6.07, 6.45) is 5.46. The number of hydrogen-bond acceptors (Lipinski definition) is 7. The van der Waals surface area contributed by atoms with Gasteiger partial charge in [-0.05, 0) is 56.1 Å². The number of ether oxygens (including phenoxy) is 2. The van der Waals surface area contributed by atoms with Crippen molar-refractivity contribution < 1.29 is 19.1 Å². The number of anilines is 3. The van der Waals surface area contributed by atoms with Gasteiger partial charge in [0.2, 0.25) is 0 Å². The Morgan fingerprint density at radius 3 is 2.89 bits per heavy atom. The zero-order valence-electron chi connectivity index (χ0n) is 20.1. The minimum absolute atomic E-state index is 0.0605. The smallest absolute Gasteiger partial charge is 0.331 e. The molecular weight excluding hydrogens is 478 g/mol. The van der Waals surface area contributed by atoms with E-state index < -0.39 is 0 Å². The number of aromatic nitrogens is 1. The molecule has 3 aliphatic heterocycles. The van der Waals surface area contributed by atoms with Crippen molar-refractivity contribution in [1.82, 2.24) is 15.6 Å². The highest BCUT2D eigenvalue weighted by molar-refractivity contribution is 7.21.